The fourth-order valence-electron chi connectivity index (χ4n) is 2.72. The van der Waals surface area contributed by atoms with Gasteiger partial charge in [-0.25, -0.2) is 5.43 Å². The highest BCUT2D eigenvalue weighted by molar-refractivity contribution is 6.30. The number of aryl methyl sites for hydroxylation is 1. The number of para-hydroxylation sites is 1. The van der Waals surface area contributed by atoms with Gasteiger partial charge in [0.1, 0.15) is 11.3 Å². The van der Waals surface area contributed by atoms with Crippen LogP contribution in [0.3, 0.4) is 0 Å². The van der Waals surface area contributed by atoms with Crippen LogP contribution in [0.4, 0.5) is 0 Å². The molecule has 2 aromatic carbocycles. The number of halogens is 1. The number of amides is 1. The van der Waals surface area contributed by atoms with E-state index in [-0.39, 0.29) is 11.3 Å². The Bertz CT molecular complexity index is 1070. The summed E-state index contributed by atoms with van der Waals surface area (Å²) in [5, 5.41) is 15.2. The average molecular weight is 370 g/mol. The van der Waals surface area contributed by atoms with Gasteiger partial charge in [0.25, 0.3) is 11.5 Å². The molecule has 0 spiro atoms. The minimum absolute atomic E-state index is 0.339. The Morgan fingerprint density at radius 1 is 1.27 bits per heavy atom. The van der Waals surface area contributed by atoms with Gasteiger partial charge in [-0.1, -0.05) is 35.9 Å². The van der Waals surface area contributed by atoms with E-state index in [1.165, 1.54) is 10.8 Å². The lowest BCUT2D eigenvalue weighted by atomic mass is 10.1. The second-order valence-electron chi connectivity index (χ2n) is 5.54. The van der Waals surface area contributed by atoms with E-state index in [0.29, 0.717) is 28.0 Å². The lowest BCUT2D eigenvalue weighted by Crippen LogP contribution is -2.31. The molecule has 2 N–H and O–H groups in total. The largest absolute Gasteiger partial charge is 0.506 e. The second kappa shape index (κ2) is 7.41. The lowest BCUT2D eigenvalue weighted by molar-refractivity contribution is 0.0950. The summed E-state index contributed by atoms with van der Waals surface area (Å²) in [4.78, 5) is 25.1. The molecule has 0 aliphatic heterocycles. The predicted octanol–water partition coefficient (Wildman–Crippen LogP) is 3.14. The summed E-state index contributed by atoms with van der Waals surface area (Å²) in [5.74, 6) is -1.13. The third-order valence-corrected chi connectivity index (χ3v) is 4.15. The fourth-order valence-corrected chi connectivity index (χ4v) is 2.92. The van der Waals surface area contributed by atoms with Crippen molar-refractivity contribution in [3.05, 3.63) is 75.0 Å². The number of carbonyl (C=O) groups is 1. The zero-order valence-corrected chi connectivity index (χ0v) is 14.7. The molecule has 6 nitrogen and oxygen atoms in total. The number of hydrogen-bond donors (Lipinski definition) is 2. The molecule has 0 unspecified atom stereocenters. The van der Waals surface area contributed by atoms with Crippen molar-refractivity contribution >= 4 is 34.6 Å². The second-order valence-corrected chi connectivity index (χ2v) is 5.98. The lowest BCUT2D eigenvalue weighted by Gasteiger charge is -2.12. The standard InChI is InChI=1S/C19H16ClN3O3/c1-2-23-15-9-4-3-8-14(15)17(24)16(19(23)26)18(25)22-21-11-12-6-5-7-13(20)10-12/h3-11,24H,2H2,1H3,(H,22,25). The summed E-state index contributed by atoms with van der Waals surface area (Å²) in [5.41, 5.74) is 2.62. The monoisotopic (exact) mass is 369 g/mol. The Kier molecular flexibility index (Phi) is 5.04. The van der Waals surface area contributed by atoms with Gasteiger partial charge in [0, 0.05) is 17.0 Å². The van der Waals surface area contributed by atoms with Gasteiger partial charge in [-0.3, -0.25) is 9.59 Å². The normalized spacial score (nSPS) is 11.2. The molecule has 26 heavy (non-hydrogen) atoms. The van der Waals surface area contributed by atoms with Crippen molar-refractivity contribution in [1.82, 2.24) is 9.99 Å². The van der Waals surface area contributed by atoms with Crippen molar-refractivity contribution in [3.8, 4) is 5.75 Å². The van der Waals surface area contributed by atoms with Crippen LogP contribution in [0.15, 0.2) is 58.4 Å². The Balaban J connectivity index is 1.97. The molecule has 1 amide bonds. The number of rotatable bonds is 4. The van der Waals surface area contributed by atoms with E-state index in [2.05, 4.69) is 10.5 Å². The molecule has 1 heterocycles. The number of hydrazone groups is 1. The van der Waals surface area contributed by atoms with Crippen LogP contribution in [0.2, 0.25) is 5.02 Å². The highest BCUT2D eigenvalue weighted by atomic mass is 35.5. The quantitative estimate of drug-likeness (QED) is 0.547. The molecule has 0 radical (unpaired) electrons. The van der Waals surface area contributed by atoms with Crippen LogP contribution in [0, 0.1) is 0 Å². The molecule has 3 aromatic rings. The maximum Gasteiger partial charge on any atom is 0.280 e. The average Bonchev–Trinajstić information content (AvgIpc) is 2.62. The van der Waals surface area contributed by atoms with Gasteiger partial charge in [-0.15, -0.1) is 0 Å². The Hall–Kier alpha value is -3.12. The Morgan fingerprint density at radius 2 is 2.04 bits per heavy atom. The first kappa shape index (κ1) is 17.7. The molecule has 0 saturated heterocycles. The summed E-state index contributed by atoms with van der Waals surface area (Å²) >= 11 is 5.89. The topological polar surface area (TPSA) is 83.7 Å². The van der Waals surface area contributed by atoms with Crippen LogP contribution in [0.25, 0.3) is 10.9 Å². The van der Waals surface area contributed by atoms with Gasteiger partial charge in [-0.2, -0.15) is 5.10 Å². The molecule has 132 valence electrons. The van der Waals surface area contributed by atoms with Gasteiger partial charge in [-0.05, 0) is 36.8 Å². The van der Waals surface area contributed by atoms with Crippen molar-refractivity contribution in [2.75, 3.05) is 0 Å². The van der Waals surface area contributed by atoms with E-state index in [1.807, 2.05) is 0 Å². The van der Waals surface area contributed by atoms with Crippen LogP contribution < -0.4 is 11.0 Å². The Morgan fingerprint density at radius 3 is 2.77 bits per heavy atom. The summed E-state index contributed by atoms with van der Waals surface area (Å²) in [6.45, 7) is 2.16. The number of hydrogen-bond acceptors (Lipinski definition) is 4. The number of aromatic nitrogens is 1. The third kappa shape index (κ3) is 3.32. The number of nitrogens with one attached hydrogen (secondary N) is 1. The van der Waals surface area contributed by atoms with Gasteiger partial charge >= 0.3 is 0 Å². The molecule has 3 rings (SSSR count). The van der Waals surface area contributed by atoms with E-state index < -0.39 is 11.5 Å². The zero-order chi connectivity index (χ0) is 18.7. The molecule has 0 saturated carbocycles. The van der Waals surface area contributed by atoms with Gasteiger partial charge in [0.15, 0.2) is 0 Å². The highest BCUT2D eigenvalue weighted by Crippen LogP contribution is 2.26. The number of pyridine rings is 1. The summed E-state index contributed by atoms with van der Waals surface area (Å²) < 4.78 is 1.44. The van der Waals surface area contributed by atoms with Crippen molar-refractivity contribution in [2.24, 2.45) is 5.10 Å². The van der Waals surface area contributed by atoms with Crippen LogP contribution >= 0.6 is 11.6 Å². The molecule has 7 heteroatoms. The minimum Gasteiger partial charge on any atom is -0.506 e. The summed E-state index contributed by atoms with van der Waals surface area (Å²) in [7, 11) is 0. The number of benzene rings is 2. The molecule has 1 aromatic heterocycles. The molecule has 0 bridgehead atoms. The van der Waals surface area contributed by atoms with Crippen molar-refractivity contribution in [1.29, 1.82) is 0 Å². The summed E-state index contributed by atoms with van der Waals surface area (Å²) in [6, 6.07) is 13.8. The number of aromatic hydroxyl groups is 1. The zero-order valence-electron chi connectivity index (χ0n) is 13.9. The van der Waals surface area contributed by atoms with Crippen LogP contribution in [0.5, 0.6) is 5.75 Å². The highest BCUT2D eigenvalue weighted by Gasteiger charge is 2.21. The minimum atomic E-state index is -0.779. The van der Waals surface area contributed by atoms with Gasteiger partial charge in [0.2, 0.25) is 0 Å². The maximum atomic E-state index is 12.6. The van der Waals surface area contributed by atoms with Crippen LogP contribution in [-0.4, -0.2) is 21.8 Å². The first-order valence-corrected chi connectivity index (χ1v) is 8.34. The fraction of sp³-hybridized carbons (Fsp3) is 0.105. The smallest absolute Gasteiger partial charge is 0.280 e. The van der Waals surface area contributed by atoms with E-state index in [9.17, 15) is 14.7 Å². The molecule has 0 atom stereocenters. The van der Waals surface area contributed by atoms with Gasteiger partial charge in [0.05, 0.1) is 11.7 Å². The van der Waals surface area contributed by atoms with Crippen LogP contribution in [0.1, 0.15) is 22.8 Å². The molecule has 0 fully saturated rings. The first-order valence-electron chi connectivity index (χ1n) is 7.96. The molecular formula is C19H16ClN3O3. The Labute approximate surface area is 154 Å². The third-order valence-electron chi connectivity index (χ3n) is 3.92. The maximum absolute atomic E-state index is 12.6. The summed E-state index contributed by atoms with van der Waals surface area (Å²) in [6.07, 6.45) is 1.40. The van der Waals surface area contributed by atoms with E-state index >= 15 is 0 Å². The molecule has 0 aliphatic rings. The molecule has 0 aliphatic carbocycles. The van der Waals surface area contributed by atoms with E-state index in [1.54, 1.807) is 55.5 Å². The van der Waals surface area contributed by atoms with Crippen molar-refractivity contribution in [3.63, 3.8) is 0 Å². The van der Waals surface area contributed by atoms with Gasteiger partial charge < -0.3 is 9.67 Å². The van der Waals surface area contributed by atoms with Crippen molar-refractivity contribution < 1.29 is 9.90 Å². The number of nitrogens with zero attached hydrogens (tertiary/aromatic N) is 2. The number of carbonyl (C=O) groups excluding carboxylic acids is 1. The van der Waals surface area contributed by atoms with E-state index in [4.69, 9.17) is 11.6 Å². The SMILES string of the molecule is CCn1c(=O)c(C(=O)NN=Cc2cccc(Cl)c2)c(O)c2ccccc21. The predicted molar refractivity (Wildman–Crippen MR) is 102 cm³/mol. The number of fused-ring (bicyclic) bond motifs is 1. The van der Waals surface area contributed by atoms with E-state index in [0.717, 1.165) is 0 Å². The molecular weight excluding hydrogens is 354 g/mol. The van der Waals surface area contributed by atoms with Crippen molar-refractivity contribution in [2.45, 2.75) is 13.5 Å². The van der Waals surface area contributed by atoms with Crippen LogP contribution in [-0.2, 0) is 6.54 Å². The first-order chi connectivity index (χ1) is 12.5.